The highest BCUT2D eigenvalue weighted by molar-refractivity contribution is 5.93. The lowest BCUT2D eigenvalue weighted by molar-refractivity contribution is -0.156. The fraction of sp³-hybridized carbons (Fsp3) is 0.833. The minimum absolute atomic E-state index is 0.324. The zero-order valence-corrected chi connectivity index (χ0v) is 10.5. The fourth-order valence-corrected chi connectivity index (χ4v) is 2.59. The summed E-state index contributed by atoms with van der Waals surface area (Å²) < 4.78 is 4.69. The van der Waals surface area contributed by atoms with Crippen molar-refractivity contribution in [3.8, 4) is 0 Å². The van der Waals surface area contributed by atoms with Crippen molar-refractivity contribution in [2.24, 2.45) is 5.41 Å². The number of hydrogen-bond acceptors (Lipinski definition) is 4. The summed E-state index contributed by atoms with van der Waals surface area (Å²) in [4.78, 5) is 25.3. The first-order valence-electron chi connectivity index (χ1n) is 5.95. The van der Waals surface area contributed by atoms with E-state index in [-0.39, 0.29) is 11.3 Å². The van der Waals surface area contributed by atoms with Gasteiger partial charge in [0.25, 0.3) is 5.91 Å². The summed E-state index contributed by atoms with van der Waals surface area (Å²) in [6, 6.07) is -0.520. The van der Waals surface area contributed by atoms with Crippen LogP contribution in [0, 0.1) is 5.41 Å². The molecular formula is C12H19NO4. The van der Waals surface area contributed by atoms with Gasteiger partial charge in [0.05, 0.1) is 7.11 Å². The maximum atomic E-state index is 12.2. The number of methoxy groups -OCH3 is 1. The predicted octanol–water partition coefficient (Wildman–Crippen LogP) is 0.311. The lowest BCUT2D eigenvalue weighted by Crippen LogP contribution is -2.48. The summed E-state index contributed by atoms with van der Waals surface area (Å²) in [6.45, 7) is 4.24. The first kappa shape index (κ1) is 12.4. The van der Waals surface area contributed by atoms with Crippen LogP contribution < -0.4 is 0 Å². The summed E-state index contributed by atoms with van der Waals surface area (Å²) in [7, 11) is 1.32. The van der Waals surface area contributed by atoms with Gasteiger partial charge in [-0.05, 0) is 19.3 Å². The van der Waals surface area contributed by atoms with Crippen LogP contribution in [0.5, 0.6) is 0 Å². The summed E-state index contributed by atoms with van der Waals surface area (Å²) in [5.41, 5.74) is -1.67. The second kappa shape index (κ2) is 3.70. The monoisotopic (exact) mass is 241 g/mol. The Kier molecular flexibility index (Phi) is 2.69. The molecule has 0 aromatic rings. The number of amides is 1. The zero-order valence-electron chi connectivity index (χ0n) is 10.5. The quantitative estimate of drug-likeness (QED) is 0.707. The molecule has 0 aromatic heterocycles. The predicted molar refractivity (Wildman–Crippen MR) is 60.1 cm³/mol. The van der Waals surface area contributed by atoms with Crippen molar-refractivity contribution in [3.05, 3.63) is 0 Å². The maximum Gasteiger partial charge on any atom is 0.328 e. The Hall–Kier alpha value is -1.10. The molecule has 0 radical (unpaired) electrons. The molecule has 2 fully saturated rings. The van der Waals surface area contributed by atoms with Gasteiger partial charge < -0.3 is 14.7 Å². The third-order valence-electron chi connectivity index (χ3n) is 4.03. The van der Waals surface area contributed by atoms with E-state index in [2.05, 4.69) is 4.74 Å². The SMILES string of the molecule is COC(=O)C1CCCN1C(=O)[C@@]1(O)CC1(C)C. The number of carbonyl (C=O) groups excluding carboxylic acids is 2. The van der Waals surface area contributed by atoms with Gasteiger partial charge in [-0.3, -0.25) is 4.79 Å². The molecule has 5 nitrogen and oxygen atoms in total. The molecule has 17 heavy (non-hydrogen) atoms. The number of aliphatic hydroxyl groups is 1. The Morgan fingerprint density at radius 1 is 1.41 bits per heavy atom. The van der Waals surface area contributed by atoms with E-state index in [0.29, 0.717) is 19.4 Å². The van der Waals surface area contributed by atoms with Crippen LogP contribution >= 0.6 is 0 Å². The van der Waals surface area contributed by atoms with Gasteiger partial charge in [-0.25, -0.2) is 4.79 Å². The van der Waals surface area contributed by atoms with Crippen molar-refractivity contribution >= 4 is 11.9 Å². The van der Waals surface area contributed by atoms with Gasteiger partial charge in [0, 0.05) is 12.0 Å². The Morgan fingerprint density at radius 2 is 2.00 bits per heavy atom. The van der Waals surface area contributed by atoms with Gasteiger partial charge in [0.15, 0.2) is 0 Å². The molecule has 1 saturated heterocycles. The highest BCUT2D eigenvalue weighted by atomic mass is 16.5. The van der Waals surface area contributed by atoms with Crippen LogP contribution in [0.25, 0.3) is 0 Å². The van der Waals surface area contributed by atoms with Gasteiger partial charge in [0.1, 0.15) is 11.6 Å². The van der Waals surface area contributed by atoms with Crippen LogP contribution in [0.15, 0.2) is 0 Å². The summed E-state index contributed by atoms with van der Waals surface area (Å²) >= 11 is 0. The van der Waals surface area contributed by atoms with Gasteiger partial charge >= 0.3 is 5.97 Å². The van der Waals surface area contributed by atoms with E-state index in [1.165, 1.54) is 12.0 Å². The molecule has 0 bridgehead atoms. The summed E-state index contributed by atoms with van der Waals surface area (Å²) in [5.74, 6) is -0.715. The van der Waals surface area contributed by atoms with Gasteiger partial charge in [-0.15, -0.1) is 0 Å². The largest absolute Gasteiger partial charge is 0.467 e. The third-order valence-corrected chi connectivity index (χ3v) is 4.03. The van der Waals surface area contributed by atoms with E-state index in [0.717, 1.165) is 6.42 Å². The van der Waals surface area contributed by atoms with Crippen LogP contribution in [-0.4, -0.2) is 47.2 Å². The number of esters is 1. The second-order valence-corrected chi connectivity index (χ2v) is 5.60. The molecular weight excluding hydrogens is 222 g/mol. The number of hydrogen-bond donors (Lipinski definition) is 1. The van der Waals surface area contributed by atoms with E-state index in [1.54, 1.807) is 0 Å². The highest BCUT2D eigenvalue weighted by Gasteiger charge is 2.67. The summed E-state index contributed by atoms with van der Waals surface area (Å²) in [5, 5.41) is 10.2. The molecule has 96 valence electrons. The fourth-order valence-electron chi connectivity index (χ4n) is 2.59. The lowest BCUT2D eigenvalue weighted by Gasteiger charge is -2.26. The number of carbonyl (C=O) groups is 2. The molecule has 5 heteroatoms. The Morgan fingerprint density at radius 3 is 2.47 bits per heavy atom. The smallest absolute Gasteiger partial charge is 0.328 e. The second-order valence-electron chi connectivity index (χ2n) is 5.60. The standard InChI is InChI=1S/C12H19NO4/c1-11(2)7-12(11,16)10(15)13-6-4-5-8(13)9(14)17-3/h8,16H,4-7H2,1-3H3/t8?,12-/m0/s1. The lowest BCUT2D eigenvalue weighted by atomic mass is 10.1. The normalized spacial score (nSPS) is 34.6. The number of rotatable bonds is 2. The van der Waals surface area contributed by atoms with Crippen molar-refractivity contribution < 1.29 is 19.4 Å². The maximum absolute atomic E-state index is 12.2. The van der Waals surface area contributed by atoms with E-state index in [1.807, 2.05) is 13.8 Å². The van der Waals surface area contributed by atoms with E-state index >= 15 is 0 Å². The van der Waals surface area contributed by atoms with Crippen molar-refractivity contribution in [2.75, 3.05) is 13.7 Å². The van der Waals surface area contributed by atoms with E-state index < -0.39 is 17.6 Å². The molecule has 0 aromatic carbocycles. The van der Waals surface area contributed by atoms with Gasteiger partial charge in [0.2, 0.25) is 0 Å². The topological polar surface area (TPSA) is 66.8 Å². The van der Waals surface area contributed by atoms with Crippen LogP contribution in [0.2, 0.25) is 0 Å². The van der Waals surface area contributed by atoms with Crippen LogP contribution in [-0.2, 0) is 14.3 Å². The van der Waals surface area contributed by atoms with Crippen molar-refractivity contribution in [1.82, 2.24) is 4.90 Å². The molecule has 0 spiro atoms. The Bertz CT molecular complexity index is 366. The number of likely N-dealkylation sites (tertiary alicyclic amines) is 1. The molecule has 1 saturated carbocycles. The average molecular weight is 241 g/mol. The minimum Gasteiger partial charge on any atom is -0.467 e. The summed E-state index contributed by atoms with van der Waals surface area (Å²) in [6.07, 6.45) is 1.86. The first-order chi connectivity index (χ1) is 7.83. The van der Waals surface area contributed by atoms with Crippen LogP contribution in [0.4, 0.5) is 0 Å². The first-order valence-corrected chi connectivity index (χ1v) is 5.95. The molecule has 1 aliphatic heterocycles. The van der Waals surface area contributed by atoms with Crippen molar-refractivity contribution in [2.45, 2.75) is 44.8 Å². The molecule has 2 aliphatic rings. The average Bonchev–Trinajstić information content (AvgIpc) is 2.71. The Labute approximate surface area is 101 Å². The Balaban J connectivity index is 2.13. The van der Waals surface area contributed by atoms with Gasteiger partial charge in [-0.2, -0.15) is 0 Å². The third kappa shape index (κ3) is 1.73. The molecule has 1 amide bonds. The molecule has 1 heterocycles. The van der Waals surface area contributed by atoms with Crippen molar-refractivity contribution in [1.29, 1.82) is 0 Å². The van der Waals surface area contributed by atoms with E-state index in [4.69, 9.17) is 0 Å². The molecule has 2 atom stereocenters. The minimum atomic E-state index is -1.29. The molecule has 2 rings (SSSR count). The molecule has 1 N–H and O–H groups in total. The molecule has 1 aliphatic carbocycles. The highest BCUT2D eigenvalue weighted by Crippen LogP contribution is 2.56. The van der Waals surface area contributed by atoms with Crippen LogP contribution in [0.3, 0.4) is 0 Å². The molecule has 1 unspecified atom stereocenters. The number of nitrogens with zero attached hydrogens (tertiary/aromatic N) is 1. The van der Waals surface area contributed by atoms with Gasteiger partial charge in [-0.1, -0.05) is 13.8 Å². The van der Waals surface area contributed by atoms with Crippen LogP contribution in [0.1, 0.15) is 33.1 Å². The van der Waals surface area contributed by atoms with Crippen molar-refractivity contribution in [3.63, 3.8) is 0 Å². The zero-order chi connectivity index (χ0) is 12.8. The number of ether oxygens (including phenoxy) is 1. The van der Waals surface area contributed by atoms with E-state index in [9.17, 15) is 14.7 Å².